The average molecular weight is 415 g/mol. The van der Waals surface area contributed by atoms with Crippen molar-refractivity contribution in [1.29, 1.82) is 0 Å². The van der Waals surface area contributed by atoms with Gasteiger partial charge in [-0.1, -0.05) is 40.2 Å². The van der Waals surface area contributed by atoms with E-state index in [-0.39, 0.29) is 23.2 Å². The number of aliphatic carboxylic acids is 1. The van der Waals surface area contributed by atoms with Crippen LogP contribution in [0.5, 0.6) is 0 Å². The largest absolute Gasteiger partial charge is 0.481 e. The van der Waals surface area contributed by atoms with Crippen molar-refractivity contribution in [3.63, 3.8) is 0 Å². The summed E-state index contributed by atoms with van der Waals surface area (Å²) in [7, 11) is 0. The fraction of sp³-hybridized carbons (Fsp3) is 0.852. The summed E-state index contributed by atoms with van der Waals surface area (Å²) in [6.45, 7) is 11.7. The maximum atomic E-state index is 13.9. The van der Waals surface area contributed by atoms with Gasteiger partial charge < -0.3 is 5.11 Å². The molecule has 0 amide bonds. The Morgan fingerprint density at radius 1 is 1.13 bits per heavy atom. The molecular weight excluding hydrogens is 372 g/mol. The summed E-state index contributed by atoms with van der Waals surface area (Å²) < 4.78 is 0. The summed E-state index contributed by atoms with van der Waals surface area (Å²) in [5.74, 6) is 3.17. The van der Waals surface area contributed by atoms with Crippen LogP contribution in [0.25, 0.3) is 0 Å². The lowest BCUT2D eigenvalue weighted by atomic mass is 9.42. The summed E-state index contributed by atoms with van der Waals surface area (Å²) in [5, 5.41) is 9.15. The topological polar surface area (TPSA) is 54.4 Å². The Kier molecular flexibility index (Phi) is 5.73. The lowest BCUT2D eigenvalue weighted by Gasteiger charge is -2.61. The van der Waals surface area contributed by atoms with Crippen LogP contribution in [0.15, 0.2) is 11.6 Å². The minimum atomic E-state index is -0.684. The van der Waals surface area contributed by atoms with E-state index < -0.39 is 5.97 Å². The molecule has 0 saturated heterocycles. The SMILES string of the molecule is C/C=C1/C(=O)C2C3CC[C@H]([C@H](C)CCC(=O)O)[C@@]3(C)CCC2[C@@]2(C)CC[C@@H](C)C[C@@H]12. The molecule has 3 unspecified atom stereocenters. The predicted octanol–water partition coefficient (Wildman–Crippen LogP) is 6.52. The van der Waals surface area contributed by atoms with Gasteiger partial charge in [-0.15, -0.1) is 0 Å². The first-order valence-corrected chi connectivity index (χ1v) is 12.6. The van der Waals surface area contributed by atoms with Gasteiger partial charge >= 0.3 is 5.97 Å². The third-order valence-electron chi connectivity index (χ3n) is 10.6. The molecule has 0 aromatic carbocycles. The summed E-state index contributed by atoms with van der Waals surface area (Å²) in [6, 6.07) is 0. The Balaban J connectivity index is 1.64. The number of hydrogen-bond donors (Lipinski definition) is 1. The molecule has 3 heteroatoms. The molecule has 168 valence electrons. The molecular formula is C27H42O3. The minimum absolute atomic E-state index is 0.193. The lowest BCUT2D eigenvalue weighted by Crippen LogP contribution is -2.57. The van der Waals surface area contributed by atoms with E-state index >= 15 is 0 Å². The standard InChI is InChI=1S/C27H42O3/c1-6-18-22-15-16(2)11-13-27(22,5)21-12-14-26(4)19(17(3)7-10-23(28)29)8-9-20(26)24(21)25(18)30/h6,16-17,19-22,24H,7-15H2,1-5H3,(H,28,29)/b18-6+/t16-,17-,19-,20?,21?,22+,24?,26-,27-/m1/s1. The van der Waals surface area contributed by atoms with Gasteiger partial charge in [0.15, 0.2) is 5.78 Å². The molecule has 0 bridgehead atoms. The van der Waals surface area contributed by atoms with E-state index in [0.717, 1.165) is 24.3 Å². The van der Waals surface area contributed by atoms with E-state index in [2.05, 4.69) is 40.7 Å². The van der Waals surface area contributed by atoms with Crippen LogP contribution >= 0.6 is 0 Å². The molecule has 3 nitrogen and oxygen atoms in total. The number of carbonyl (C=O) groups excluding carboxylic acids is 1. The van der Waals surface area contributed by atoms with Gasteiger partial charge in [0.25, 0.3) is 0 Å². The molecule has 0 radical (unpaired) electrons. The van der Waals surface area contributed by atoms with Gasteiger partial charge in [0.05, 0.1) is 0 Å². The smallest absolute Gasteiger partial charge is 0.303 e. The van der Waals surface area contributed by atoms with Gasteiger partial charge in [-0.25, -0.2) is 0 Å². The minimum Gasteiger partial charge on any atom is -0.481 e. The van der Waals surface area contributed by atoms with Crippen LogP contribution in [0.3, 0.4) is 0 Å². The number of rotatable bonds is 4. The van der Waals surface area contributed by atoms with Gasteiger partial charge in [0.2, 0.25) is 0 Å². The first kappa shape index (κ1) is 22.1. The Morgan fingerprint density at radius 2 is 1.80 bits per heavy atom. The number of carbonyl (C=O) groups is 2. The Labute approximate surface area is 183 Å². The predicted molar refractivity (Wildman–Crippen MR) is 120 cm³/mol. The van der Waals surface area contributed by atoms with Gasteiger partial charge in [-0.3, -0.25) is 9.59 Å². The Morgan fingerprint density at radius 3 is 2.47 bits per heavy atom. The highest BCUT2D eigenvalue weighted by Crippen LogP contribution is 2.68. The molecule has 0 heterocycles. The summed E-state index contributed by atoms with van der Waals surface area (Å²) in [4.78, 5) is 25.0. The lowest BCUT2D eigenvalue weighted by molar-refractivity contribution is -0.148. The third-order valence-corrected chi connectivity index (χ3v) is 10.6. The van der Waals surface area contributed by atoms with Crippen molar-refractivity contribution in [3.05, 3.63) is 11.6 Å². The number of Topliss-reactive ketones (excluding diaryl/α,β-unsaturated/α-hetero) is 1. The summed E-state index contributed by atoms with van der Waals surface area (Å²) in [6.07, 6.45) is 11.7. The van der Waals surface area contributed by atoms with Crippen molar-refractivity contribution in [2.24, 2.45) is 52.3 Å². The van der Waals surface area contributed by atoms with E-state index in [1.807, 2.05) is 0 Å². The fourth-order valence-electron chi connectivity index (χ4n) is 8.93. The van der Waals surface area contributed by atoms with Crippen molar-refractivity contribution in [3.8, 4) is 0 Å². The molecule has 0 aliphatic heterocycles. The second-order valence-electron chi connectivity index (χ2n) is 11.9. The van der Waals surface area contributed by atoms with E-state index in [4.69, 9.17) is 5.11 Å². The van der Waals surface area contributed by atoms with Crippen molar-refractivity contribution < 1.29 is 14.7 Å². The Bertz CT molecular complexity index is 738. The van der Waals surface area contributed by atoms with Crippen LogP contribution in [0.2, 0.25) is 0 Å². The normalized spacial score (nSPS) is 48.0. The van der Waals surface area contributed by atoms with Gasteiger partial charge in [0.1, 0.15) is 0 Å². The van der Waals surface area contributed by atoms with E-state index in [0.29, 0.717) is 35.4 Å². The highest BCUT2D eigenvalue weighted by molar-refractivity contribution is 5.99. The number of carboxylic acid groups (broad SMARTS) is 1. The maximum Gasteiger partial charge on any atom is 0.303 e. The van der Waals surface area contributed by atoms with Crippen molar-refractivity contribution in [2.45, 2.75) is 92.4 Å². The first-order chi connectivity index (χ1) is 14.1. The van der Waals surface area contributed by atoms with Crippen LogP contribution in [0, 0.1) is 52.3 Å². The fourth-order valence-corrected chi connectivity index (χ4v) is 8.93. The second kappa shape index (κ2) is 7.78. The number of carboxylic acids is 1. The molecule has 4 aliphatic carbocycles. The summed E-state index contributed by atoms with van der Waals surface area (Å²) in [5.41, 5.74) is 1.62. The molecule has 4 saturated carbocycles. The zero-order valence-electron chi connectivity index (χ0n) is 19.7. The first-order valence-electron chi connectivity index (χ1n) is 12.6. The van der Waals surface area contributed by atoms with E-state index in [1.54, 1.807) is 0 Å². The molecule has 4 fully saturated rings. The van der Waals surface area contributed by atoms with E-state index in [1.165, 1.54) is 38.5 Å². The molecule has 30 heavy (non-hydrogen) atoms. The highest BCUT2D eigenvalue weighted by atomic mass is 16.4. The molecule has 0 aromatic rings. The zero-order chi connectivity index (χ0) is 21.8. The molecule has 0 aromatic heterocycles. The summed E-state index contributed by atoms with van der Waals surface area (Å²) >= 11 is 0. The van der Waals surface area contributed by atoms with Crippen LogP contribution in [0.4, 0.5) is 0 Å². The molecule has 4 rings (SSSR count). The van der Waals surface area contributed by atoms with Gasteiger partial charge in [-0.05, 0) is 104 Å². The van der Waals surface area contributed by atoms with Crippen LogP contribution in [0.1, 0.15) is 92.4 Å². The second-order valence-corrected chi connectivity index (χ2v) is 11.9. The van der Waals surface area contributed by atoms with Crippen LogP contribution in [-0.4, -0.2) is 16.9 Å². The van der Waals surface area contributed by atoms with Crippen LogP contribution < -0.4 is 0 Å². The van der Waals surface area contributed by atoms with Crippen molar-refractivity contribution >= 4 is 11.8 Å². The number of fused-ring (bicyclic) bond motifs is 5. The van der Waals surface area contributed by atoms with E-state index in [9.17, 15) is 9.59 Å². The molecule has 1 N–H and O–H groups in total. The number of hydrogen-bond acceptors (Lipinski definition) is 2. The Hall–Kier alpha value is -1.12. The van der Waals surface area contributed by atoms with Crippen molar-refractivity contribution in [1.82, 2.24) is 0 Å². The molecule has 9 atom stereocenters. The van der Waals surface area contributed by atoms with Gasteiger partial charge in [-0.2, -0.15) is 0 Å². The maximum absolute atomic E-state index is 13.9. The number of ketones is 1. The quantitative estimate of drug-likeness (QED) is 0.533. The van der Waals surface area contributed by atoms with Crippen molar-refractivity contribution in [2.75, 3.05) is 0 Å². The average Bonchev–Trinajstić information content (AvgIpc) is 3.05. The highest BCUT2D eigenvalue weighted by Gasteiger charge is 2.63. The molecule has 4 aliphatic rings. The number of allylic oxidation sites excluding steroid dienone is 2. The zero-order valence-corrected chi connectivity index (χ0v) is 19.7. The molecule has 0 spiro atoms. The monoisotopic (exact) mass is 414 g/mol. The van der Waals surface area contributed by atoms with Crippen LogP contribution in [-0.2, 0) is 9.59 Å². The third kappa shape index (κ3) is 3.21. The van der Waals surface area contributed by atoms with Gasteiger partial charge in [0, 0.05) is 12.3 Å².